The van der Waals surface area contributed by atoms with Gasteiger partial charge < -0.3 is 0 Å². The van der Waals surface area contributed by atoms with E-state index in [2.05, 4.69) is 0 Å². The van der Waals surface area contributed by atoms with Gasteiger partial charge in [0.25, 0.3) is 0 Å². The summed E-state index contributed by atoms with van der Waals surface area (Å²) in [5.41, 5.74) is 0.723. The molecule has 0 aliphatic heterocycles. The molecule has 4 heteroatoms. The van der Waals surface area contributed by atoms with Crippen LogP contribution in [0.3, 0.4) is 0 Å². The van der Waals surface area contributed by atoms with Crippen molar-refractivity contribution < 1.29 is 4.39 Å². The third kappa shape index (κ3) is 2.33. The van der Waals surface area contributed by atoms with E-state index in [1.165, 1.54) is 12.1 Å². The minimum absolute atomic E-state index is 0.119. The highest BCUT2D eigenvalue weighted by Crippen LogP contribution is 2.33. The second-order valence-corrected chi connectivity index (χ2v) is 4.87. The van der Waals surface area contributed by atoms with Gasteiger partial charge in [-0.05, 0) is 29.1 Å². The normalized spacial score (nSPS) is 12.7. The molecule has 1 atom stereocenters. The Kier molecular flexibility index (Phi) is 3.29. The van der Waals surface area contributed by atoms with Crippen LogP contribution in [0.15, 0.2) is 35.7 Å². The number of rotatable bonds is 2. The average Bonchev–Trinajstić information content (AvgIpc) is 2.74. The number of halogens is 3. The van der Waals surface area contributed by atoms with Gasteiger partial charge in [0.05, 0.1) is 10.4 Å². The number of benzene rings is 1. The zero-order valence-corrected chi connectivity index (χ0v) is 9.91. The maximum Gasteiger partial charge on any atom is 0.142 e. The van der Waals surface area contributed by atoms with Crippen LogP contribution in [-0.4, -0.2) is 0 Å². The van der Waals surface area contributed by atoms with Crippen LogP contribution in [-0.2, 0) is 0 Å². The van der Waals surface area contributed by atoms with Crippen molar-refractivity contribution in [1.82, 2.24) is 0 Å². The van der Waals surface area contributed by atoms with Gasteiger partial charge in [0.15, 0.2) is 0 Å². The summed E-state index contributed by atoms with van der Waals surface area (Å²) < 4.78 is 13.2. The highest BCUT2D eigenvalue weighted by Gasteiger charge is 2.13. The van der Waals surface area contributed by atoms with Crippen molar-refractivity contribution in [1.29, 1.82) is 0 Å². The van der Waals surface area contributed by atoms with Crippen molar-refractivity contribution in [2.75, 3.05) is 0 Å². The third-order valence-corrected chi connectivity index (χ3v) is 3.89. The lowest BCUT2D eigenvalue weighted by molar-refractivity contribution is 0.626. The lowest BCUT2D eigenvalue weighted by Crippen LogP contribution is -1.91. The molecule has 0 fully saturated rings. The van der Waals surface area contributed by atoms with Gasteiger partial charge in [-0.15, -0.1) is 22.9 Å². The van der Waals surface area contributed by atoms with Gasteiger partial charge in [0.2, 0.25) is 0 Å². The third-order valence-electron chi connectivity index (χ3n) is 2.03. The predicted molar refractivity (Wildman–Crippen MR) is 63.4 cm³/mol. The summed E-state index contributed by atoms with van der Waals surface area (Å²) in [6.07, 6.45) is 0. The van der Waals surface area contributed by atoms with Crippen LogP contribution >= 0.6 is 34.5 Å². The molecule has 0 radical (unpaired) electrons. The Morgan fingerprint density at radius 2 is 2.07 bits per heavy atom. The molecule has 2 aromatic rings. The molecule has 15 heavy (non-hydrogen) atoms. The van der Waals surface area contributed by atoms with Gasteiger partial charge in [0.1, 0.15) is 5.82 Å². The lowest BCUT2D eigenvalue weighted by Gasteiger charge is -2.07. The van der Waals surface area contributed by atoms with Gasteiger partial charge in [-0.1, -0.05) is 23.7 Å². The molecule has 0 amide bonds. The van der Waals surface area contributed by atoms with E-state index >= 15 is 0 Å². The Balaban J connectivity index is 2.34. The molecule has 78 valence electrons. The smallest absolute Gasteiger partial charge is 0.142 e. The quantitative estimate of drug-likeness (QED) is 0.676. The fourth-order valence-corrected chi connectivity index (χ4v) is 2.48. The zero-order chi connectivity index (χ0) is 10.8. The van der Waals surface area contributed by atoms with Crippen LogP contribution in [0.1, 0.15) is 15.8 Å². The van der Waals surface area contributed by atoms with Crippen molar-refractivity contribution in [3.05, 3.63) is 57.0 Å². The van der Waals surface area contributed by atoms with Crippen molar-refractivity contribution in [2.45, 2.75) is 5.38 Å². The van der Waals surface area contributed by atoms with Gasteiger partial charge in [-0.3, -0.25) is 0 Å². The lowest BCUT2D eigenvalue weighted by atomic mass is 10.1. The molecule has 0 saturated heterocycles. The largest absolute Gasteiger partial charge is 0.205 e. The average molecular weight is 261 g/mol. The van der Waals surface area contributed by atoms with Crippen molar-refractivity contribution >= 4 is 34.5 Å². The first kappa shape index (κ1) is 10.9. The summed E-state index contributed by atoms with van der Waals surface area (Å²) in [4.78, 5) is 0.999. The van der Waals surface area contributed by atoms with Crippen LogP contribution in [0.4, 0.5) is 4.39 Å². The Bertz CT molecular complexity index is 454. The molecule has 0 N–H and O–H groups in total. The van der Waals surface area contributed by atoms with E-state index < -0.39 is 5.82 Å². The first-order chi connectivity index (χ1) is 7.18. The predicted octanol–water partition coefficient (Wildman–Crippen LogP) is 4.87. The second kappa shape index (κ2) is 4.52. The second-order valence-electron chi connectivity index (χ2n) is 3.05. The van der Waals surface area contributed by atoms with E-state index in [1.807, 2.05) is 17.5 Å². The van der Waals surface area contributed by atoms with E-state index in [9.17, 15) is 4.39 Å². The zero-order valence-electron chi connectivity index (χ0n) is 7.58. The summed E-state index contributed by atoms with van der Waals surface area (Å²) in [6, 6.07) is 8.48. The fraction of sp³-hybridized carbons (Fsp3) is 0.0909. The van der Waals surface area contributed by atoms with Gasteiger partial charge in [-0.25, -0.2) is 4.39 Å². The van der Waals surface area contributed by atoms with Gasteiger partial charge in [-0.2, -0.15) is 0 Å². The SMILES string of the molecule is Fc1cc(C(Cl)c2cccs2)ccc1Cl. The standard InChI is InChI=1S/C11H7Cl2FS/c12-8-4-3-7(6-9(8)14)11(13)10-2-1-5-15-10/h1-6,11H. The highest BCUT2D eigenvalue weighted by molar-refractivity contribution is 7.10. The molecular formula is C11H7Cl2FS. The number of thiophene rings is 1. The Hall–Kier alpha value is -0.570. The maximum atomic E-state index is 13.2. The number of hydrogen-bond donors (Lipinski definition) is 0. The van der Waals surface area contributed by atoms with Crippen LogP contribution in [0, 0.1) is 5.82 Å². The minimum atomic E-state index is -0.434. The van der Waals surface area contributed by atoms with Crippen LogP contribution in [0.2, 0.25) is 5.02 Å². The molecule has 1 aromatic carbocycles. The summed E-state index contributed by atoms with van der Waals surface area (Å²) in [5.74, 6) is -0.434. The first-order valence-corrected chi connectivity index (χ1v) is 6.00. The van der Waals surface area contributed by atoms with Crippen LogP contribution < -0.4 is 0 Å². The first-order valence-electron chi connectivity index (χ1n) is 4.31. The van der Waals surface area contributed by atoms with E-state index in [1.54, 1.807) is 17.4 Å². The monoisotopic (exact) mass is 260 g/mol. The summed E-state index contributed by atoms with van der Waals surface area (Å²) in [6.45, 7) is 0. The molecule has 0 spiro atoms. The Morgan fingerprint density at radius 3 is 2.67 bits per heavy atom. The van der Waals surface area contributed by atoms with Crippen molar-refractivity contribution in [2.24, 2.45) is 0 Å². The molecule has 0 saturated carbocycles. The molecule has 1 heterocycles. The molecule has 2 rings (SSSR count). The van der Waals surface area contributed by atoms with Crippen molar-refractivity contribution in [3.63, 3.8) is 0 Å². The van der Waals surface area contributed by atoms with Crippen LogP contribution in [0.5, 0.6) is 0 Å². The minimum Gasteiger partial charge on any atom is -0.205 e. The molecule has 0 nitrogen and oxygen atoms in total. The van der Waals surface area contributed by atoms with Crippen LogP contribution in [0.25, 0.3) is 0 Å². The van der Waals surface area contributed by atoms with E-state index in [4.69, 9.17) is 23.2 Å². The Labute approximate surface area is 101 Å². The van der Waals surface area contributed by atoms with Gasteiger partial charge in [0, 0.05) is 4.88 Å². The highest BCUT2D eigenvalue weighted by atomic mass is 35.5. The number of alkyl halides is 1. The molecule has 1 aromatic heterocycles. The molecular weight excluding hydrogens is 254 g/mol. The van der Waals surface area contributed by atoms with Crippen molar-refractivity contribution in [3.8, 4) is 0 Å². The van der Waals surface area contributed by atoms with E-state index in [0.717, 1.165) is 10.4 Å². The summed E-state index contributed by atoms with van der Waals surface area (Å²) >= 11 is 13.3. The van der Waals surface area contributed by atoms with E-state index in [-0.39, 0.29) is 10.4 Å². The topological polar surface area (TPSA) is 0 Å². The molecule has 0 aliphatic carbocycles. The number of hydrogen-bond acceptors (Lipinski definition) is 1. The molecule has 0 bridgehead atoms. The van der Waals surface area contributed by atoms with Gasteiger partial charge >= 0.3 is 0 Å². The summed E-state index contributed by atoms with van der Waals surface area (Å²) in [7, 11) is 0. The molecule has 0 aliphatic rings. The fourth-order valence-electron chi connectivity index (χ4n) is 1.27. The van der Waals surface area contributed by atoms with E-state index in [0.29, 0.717) is 0 Å². The Morgan fingerprint density at radius 1 is 1.27 bits per heavy atom. The molecule has 1 unspecified atom stereocenters. The maximum absolute atomic E-state index is 13.2. The summed E-state index contributed by atoms with van der Waals surface area (Å²) in [5, 5.41) is 1.75.